The molecule has 0 radical (unpaired) electrons. The first kappa shape index (κ1) is 17.4. The maximum atomic E-state index is 12.5. The molecule has 0 saturated heterocycles. The van der Waals surface area contributed by atoms with Crippen LogP contribution in [0, 0.1) is 5.92 Å². The van der Waals surface area contributed by atoms with Gasteiger partial charge in [-0.3, -0.25) is 4.79 Å². The fourth-order valence-corrected chi connectivity index (χ4v) is 3.01. The van der Waals surface area contributed by atoms with Crippen LogP contribution in [0.25, 0.3) is 0 Å². The van der Waals surface area contributed by atoms with Crippen LogP contribution in [0.2, 0.25) is 0 Å². The van der Waals surface area contributed by atoms with Crippen molar-refractivity contribution in [3.05, 3.63) is 29.8 Å². The van der Waals surface area contributed by atoms with E-state index in [1.165, 1.54) is 18.2 Å². The molecule has 23 heavy (non-hydrogen) atoms. The van der Waals surface area contributed by atoms with E-state index in [9.17, 15) is 22.4 Å². The second-order valence-corrected chi connectivity index (χ2v) is 7.11. The molecule has 7 nitrogen and oxygen atoms in total. The molecule has 1 atom stereocenters. The van der Waals surface area contributed by atoms with Gasteiger partial charge in [0.25, 0.3) is 5.91 Å². The van der Waals surface area contributed by atoms with E-state index in [0.717, 1.165) is 18.9 Å². The lowest BCUT2D eigenvalue weighted by molar-refractivity contribution is -0.139. The molecule has 0 heterocycles. The summed E-state index contributed by atoms with van der Waals surface area (Å²) in [5, 5.41) is 10.7. The lowest BCUT2D eigenvalue weighted by Crippen LogP contribution is -2.42. The summed E-state index contributed by atoms with van der Waals surface area (Å²) < 4.78 is 39.3. The summed E-state index contributed by atoms with van der Waals surface area (Å²) in [6, 6.07) is 3.48. The quantitative estimate of drug-likeness (QED) is 0.637. The van der Waals surface area contributed by atoms with Crippen molar-refractivity contribution >= 4 is 21.9 Å². The second kappa shape index (κ2) is 7.05. The number of halogens is 1. The van der Waals surface area contributed by atoms with Gasteiger partial charge < -0.3 is 10.4 Å². The molecule has 1 aromatic carbocycles. The van der Waals surface area contributed by atoms with Crippen molar-refractivity contribution in [1.29, 1.82) is 0 Å². The van der Waals surface area contributed by atoms with E-state index in [0.29, 0.717) is 12.5 Å². The molecule has 1 aromatic rings. The maximum Gasteiger partial charge on any atom is 0.328 e. The normalized spacial score (nSPS) is 15.9. The van der Waals surface area contributed by atoms with Gasteiger partial charge in [0.2, 0.25) is 10.0 Å². The summed E-state index contributed by atoms with van der Waals surface area (Å²) in [5.74, 6) is -2.00. The van der Waals surface area contributed by atoms with Crippen molar-refractivity contribution in [2.45, 2.75) is 23.8 Å². The van der Waals surface area contributed by atoms with Crippen LogP contribution in [0.5, 0.6) is 0 Å². The van der Waals surface area contributed by atoms with Crippen LogP contribution in [-0.2, 0) is 14.8 Å². The van der Waals surface area contributed by atoms with Gasteiger partial charge in [-0.25, -0.2) is 22.3 Å². The fourth-order valence-electron chi connectivity index (χ4n) is 1.85. The van der Waals surface area contributed by atoms with Gasteiger partial charge in [-0.2, -0.15) is 0 Å². The van der Waals surface area contributed by atoms with Gasteiger partial charge in [0, 0.05) is 12.1 Å². The third-order valence-electron chi connectivity index (χ3n) is 3.42. The molecule has 126 valence electrons. The molecule has 1 aliphatic carbocycles. The SMILES string of the molecule is O=C(NC(CF)C(=O)O)c1cccc(S(=O)(=O)NCC2CC2)c1. The zero-order chi connectivity index (χ0) is 17.0. The number of carboxylic acids is 1. The Balaban J connectivity index is 2.11. The molecular weight excluding hydrogens is 327 g/mol. The smallest absolute Gasteiger partial charge is 0.328 e. The van der Waals surface area contributed by atoms with E-state index in [4.69, 9.17) is 5.11 Å². The second-order valence-electron chi connectivity index (χ2n) is 5.34. The molecule has 9 heteroatoms. The Labute approximate surface area is 132 Å². The summed E-state index contributed by atoms with van der Waals surface area (Å²) in [5.41, 5.74) is -0.0565. The van der Waals surface area contributed by atoms with Gasteiger partial charge in [0.1, 0.15) is 6.67 Å². The van der Waals surface area contributed by atoms with Crippen LogP contribution in [0.3, 0.4) is 0 Å². The number of aliphatic carboxylic acids is 1. The van der Waals surface area contributed by atoms with Gasteiger partial charge in [-0.1, -0.05) is 6.07 Å². The van der Waals surface area contributed by atoms with Crippen LogP contribution in [0.1, 0.15) is 23.2 Å². The average molecular weight is 344 g/mol. The van der Waals surface area contributed by atoms with Gasteiger partial charge in [-0.15, -0.1) is 0 Å². The lowest BCUT2D eigenvalue weighted by Gasteiger charge is -2.12. The van der Waals surface area contributed by atoms with E-state index in [1.807, 2.05) is 5.32 Å². The molecule has 1 aliphatic rings. The van der Waals surface area contributed by atoms with Crippen molar-refractivity contribution in [2.24, 2.45) is 5.92 Å². The summed E-state index contributed by atoms with van der Waals surface area (Å²) in [4.78, 5) is 22.5. The Bertz CT molecular complexity index is 703. The summed E-state index contributed by atoms with van der Waals surface area (Å²) in [6.45, 7) is -0.913. The predicted octanol–water partition coefficient (Wildman–Crippen LogP) is 0.527. The van der Waals surface area contributed by atoms with Crippen LogP contribution < -0.4 is 10.0 Å². The number of amides is 1. The van der Waals surface area contributed by atoms with E-state index < -0.39 is 34.6 Å². The van der Waals surface area contributed by atoms with Crippen LogP contribution in [-0.4, -0.2) is 44.7 Å². The largest absolute Gasteiger partial charge is 0.480 e. The molecule has 3 N–H and O–H groups in total. The van der Waals surface area contributed by atoms with Crippen LogP contribution in [0.15, 0.2) is 29.2 Å². The van der Waals surface area contributed by atoms with Crippen molar-refractivity contribution < 1.29 is 27.5 Å². The molecule has 0 aliphatic heterocycles. The molecule has 1 saturated carbocycles. The highest BCUT2D eigenvalue weighted by Gasteiger charge is 2.25. The number of hydrogen-bond acceptors (Lipinski definition) is 4. The number of benzene rings is 1. The number of carbonyl (C=O) groups excluding carboxylic acids is 1. The number of carboxylic acid groups (broad SMARTS) is 1. The minimum absolute atomic E-state index is 0.0565. The molecule has 0 aromatic heterocycles. The molecule has 1 fully saturated rings. The van der Waals surface area contributed by atoms with E-state index >= 15 is 0 Å². The third-order valence-corrected chi connectivity index (χ3v) is 4.84. The summed E-state index contributed by atoms with van der Waals surface area (Å²) >= 11 is 0. The van der Waals surface area contributed by atoms with Gasteiger partial charge >= 0.3 is 5.97 Å². The van der Waals surface area contributed by atoms with E-state index in [-0.39, 0.29) is 10.5 Å². The minimum atomic E-state index is -3.74. The molecule has 0 bridgehead atoms. The zero-order valence-corrected chi connectivity index (χ0v) is 13.0. The van der Waals surface area contributed by atoms with Crippen LogP contribution >= 0.6 is 0 Å². The van der Waals surface area contributed by atoms with Crippen molar-refractivity contribution in [1.82, 2.24) is 10.0 Å². The molecule has 1 amide bonds. The number of rotatable bonds is 8. The highest BCUT2D eigenvalue weighted by molar-refractivity contribution is 7.89. The first-order chi connectivity index (χ1) is 10.8. The Morgan fingerprint density at radius 1 is 1.35 bits per heavy atom. The minimum Gasteiger partial charge on any atom is -0.480 e. The van der Waals surface area contributed by atoms with Gasteiger partial charge in [0.15, 0.2) is 6.04 Å². The van der Waals surface area contributed by atoms with Crippen molar-refractivity contribution in [3.63, 3.8) is 0 Å². The Hall–Kier alpha value is -2.00. The standard InChI is InChI=1S/C14H17FN2O5S/c15-7-12(14(19)20)17-13(18)10-2-1-3-11(6-10)23(21,22)16-8-9-4-5-9/h1-3,6,9,12,16H,4-5,7-8H2,(H,17,18)(H,19,20). The number of alkyl halides is 1. The number of sulfonamides is 1. The Kier molecular flexibility index (Phi) is 5.32. The van der Waals surface area contributed by atoms with E-state index in [1.54, 1.807) is 0 Å². The molecule has 1 unspecified atom stereocenters. The van der Waals surface area contributed by atoms with E-state index in [2.05, 4.69) is 4.72 Å². The molecule has 0 spiro atoms. The van der Waals surface area contributed by atoms with Gasteiger partial charge in [0.05, 0.1) is 4.90 Å². The molecular formula is C14H17FN2O5S. The topological polar surface area (TPSA) is 113 Å². The Morgan fingerprint density at radius 3 is 2.61 bits per heavy atom. The summed E-state index contributed by atoms with van der Waals surface area (Å²) in [6.07, 6.45) is 1.98. The third kappa shape index (κ3) is 4.73. The molecule has 2 rings (SSSR count). The number of hydrogen-bond donors (Lipinski definition) is 3. The van der Waals surface area contributed by atoms with Crippen molar-refractivity contribution in [2.75, 3.05) is 13.2 Å². The highest BCUT2D eigenvalue weighted by atomic mass is 32.2. The highest BCUT2D eigenvalue weighted by Crippen LogP contribution is 2.28. The van der Waals surface area contributed by atoms with Gasteiger partial charge in [-0.05, 0) is 37.0 Å². The Morgan fingerprint density at radius 2 is 2.04 bits per heavy atom. The zero-order valence-electron chi connectivity index (χ0n) is 12.2. The number of nitrogens with one attached hydrogen (secondary N) is 2. The maximum absolute atomic E-state index is 12.5. The first-order valence-electron chi connectivity index (χ1n) is 7.03. The van der Waals surface area contributed by atoms with Crippen LogP contribution in [0.4, 0.5) is 4.39 Å². The fraction of sp³-hybridized carbons (Fsp3) is 0.429. The number of carbonyl (C=O) groups is 2. The van der Waals surface area contributed by atoms with Crippen molar-refractivity contribution in [3.8, 4) is 0 Å². The first-order valence-corrected chi connectivity index (χ1v) is 8.51. The average Bonchev–Trinajstić information content (AvgIpc) is 3.34. The summed E-state index contributed by atoms with van der Waals surface area (Å²) in [7, 11) is -3.74. The monoisotopic (exact) mass is 344 g/mol. The predicted molar refractivity (Wildman–Crippen MR) is 79.2 cm³/mol. The lowest BCUT2D eigenvalue weighted by atomic mass is 10.2.